The first-order valence-corrected chi connectivity index (χ1v) is 29.4. The van der Waals surface area contributed by atoms with Crippen molar-refractivity contribution in [3.05, 3.63) is 223 Å². The molecule has 9 aromatic rings. The van der Waals surface area contributed by atoms with Gasteiger partial charge in [-0.3, -0.25) is 4.98 Å². The van der Waals surface area contributed by atoms with Crippen LogP contribution in [0.4, 0.5) is 34.1 Å². The van der Waals surface area contributed by atoms with Crippen molar-refractivity contribution in [3.63, 3.8) is 0 Å². The number of rotatable bonds is 8. The second-order valence-corrected chi connectivity index (χ2v) is 29.4. The van der Waals surface area contributed by atoms with E-state index in [0.29, 0.717) is 0 Å². The van der Waals surface area contributed by atoms with Gasteiger partial charge in [0.1, 0.15) is 11.5 Å². The molecule has 64 heavy (non-hydrogen) atoms. The molecule has 11 rings (SSSR count). The standard InChI is InChI=1S/C58H51N3OSi2/c1-63(2,3)45-30-25-42(26-31-45)60(40-17-9-7-10-18-40)44-29-34-49-51(37-44)58(50-23-15-16-24-55(50)62-56-35-36-59-39-53(56)58)52-38-54(47-21-13-14-22-48(47)57(49)52)61(41-19-11-8-12-20-41)43-27-32-46(33-28-43)64(4,5)6/h7-39H,1-6H3. The largest absolute Gasteiger partial charge is 0.457 e. The Kier molecular flexibility index (Phi) is 9.38. The van der Waals surface area contributed by atoms with E-state index < -0.39 is 21.6 Å². The van der Waals surface area contributed by atoms with Gasteiger partial charge in [-0.15, -0.1) is 0 Å². The quantitative estimate of drug-likeness (QED) is 0.142. The molecule has 1 aromatic heterocycles. The van der Waals surface area contributed by atoms with Gasteiger partial charge in [0.15, 0.2) is 0 Å². The number of pyridine rings is 1. The van der Waals surface area contributed by atoms with Crippen LogP contribution < -0.4 is 24.9 Å². The summed E-state index contributed by atoms with van der Waals surface area (Å²) in [6.07, 6.45) is 3.89. The van der Waals surface area contributed by atoms with Crippen molar-refractivity contribution >= 4 is 71.4 Å². The van der Waals surface area contributed by atoms with Crippen LogP contribution >= 0.6 is 0 Å². The summed E-state index contributed by atoms with van der Waals surface area (Å²) >= 11 is 0. The Morgan fingerprint density at radius 2 is 0.938 bits per heavy atom. The van der Waals surface area contributed by atoms with Crippen molar-refractivity contribution in [1.29, 1.82) is 0 Å². The van der Waals surface area contributed by atoms with E-state index in [1.807, 2.05) is 18.5 Å². The topological polar surface area (TPSA) is 28.6 Å². The van der Waals surface area contributed by atoms with Gasteiger partial charge in [-0.05, 0) is 107 Å². The molecule has 1 spiro atoms. The van der Waals surface area contributed by atoms with Crippen LogP contribution in [-0.4, -0.2) is 21.1 Å². The summed E-state index contributed by atoms with van der Waals surface area (Å²) in [5.41, 5.74) is 12.9. The summed E-state index contributed by atoms with van der Waals surface area (Å²) in [5, 5.41) is 5.27. The zero-order valence-corrected chi connectivity index (χ0v) is 39.3. The maximum Gasteiger partial charge on any atom is 0.135 e. The van der Waals surface area contributed by atoms with E-state index in [0.717, 1.165) is 56.8 Å². The maximum atomic E-state index is 6.84. The van der Waals surface area contributed by atoms with Crippen LogP contribution in [0.1, 0.15) is 22.3 Å². The third kappa shape index (κ3) is 6.34. The van der Waals surface area contributed by atoms with E-state index in [9.17, 15) is 0 Å². The second kappa shape index (κ2) is 15.1. The van der Waals surface area contributed by atoms with E-state index in [2.05, 4.69) is 231 Å². The summed E-state index contributed by atoms with van der Waals surface area (Å²) in [6, 6.07) is 69.5. The first-order valence-electron chi connectivity index (χ1n) is 22.4. The highest BCUT2D eigenvalue weighted by Gasteiger charge is 2.52. The smallest absolute Gasteiger partial charge is 0.135 e. The number of aromatic nitrogens is 1. The molecule has 2 aliphatic rings. The summed E-state index contributed by atoms with van der Waals surface area (Å²) in [5.74, 6) is 1.67. The van der Waals surface area contributed by atoms with E-state index in [4.69, 9.17) is 9.72 Å². The van der Waals surface area contributed by atoms with Crippen molar-refractivity contribution in [2.24, 2.45) is 0 Å². The van der Waals surface area contributed by atoms with Crippen LogP contribution in [0.25, 0.3) is 21.9 Å². The molecule has 312 valence electrons. The third-order valence-electron chi connectivity index (χ3n) is 13.3. The van der Waals surface area contributed by atoms with Crippen LogP contribution in [0.3, 0.4) is 0 Å². The van der Waals surface area contributed by atoms with Crippen LogP contribution in [0.15, 0.2) is 200 Å². The number of hydrogen-bond donors (Lipinski definition) is 0. The lowest BCUT2D eigenvalue weighted by atomic mass is 9.66. The SMILES string of the molecule is C[Si](C)(C)c1ccc(N(c2ccccc2)c2ccc3c(c2)C2(c4ccccc4Oc4ccncc42)c2cc(N(c4ccccc4)c4ccc([Si](C)(C)C)cc4)c4ccccc4c2-3)cc1. The molecule has 6 heteroatoms. The molecule has 1 aliphatic carbocycles. The molecule has 0 saturated carbocycles. The fourth-order valence-electron chi connectivity index (χ4n) is 10.2. The fourth-order valence-corrected chi connectivity index (χ4v) is 12.5. The first kappa shape index (κ1) is 39.8. The van der Waals surface area contributed by atoms with Gasteiger partial charge in [0, 0.05) is 57.3 Å². The zero-order chi connectivity index (χ0) is 43.8. The van der Waals surface area contributed by atoms with Gasteiger partial charge in [-0.1, -0.05) is 159 Å². The minimum Gasteiger partial charge on any atom is -0.457 e. The monoisotopic (exact) mass is 861 g/mol. The van der Waals surface area contributed by atoms with E-state index in [-0.39, 0.29) is 0 Å². The van der Waals surface area contributed by atoms with Crippen molar-refractivity contribution in [2.75, 3.05) is 9.80 Å². The summed E-state index contributed by atoms with van der Waals surface area (Å²) in [4.78, 5) is 9.73. The highest BCUT2D eigenvalue weighted by Crippen LogP contribution is 2.64. The Labute approximate surface area is 379 Å². The third-order valence-corrected chi connectivity index (χ3v) is 17.4. The molecule has 1 aliphatic heterocycles. The Morgan fingerprint density at radius 1 is 0.422 bits per heavy atom. The summed E-state index contributed by atoms with van der Waals surface area (Å²) < 4.78 is 6.84. The van der Waals surface area contributed by atoms with E-state index in [1.165, 1.54) is 43.4 Å². The van der Waals surface area contributed by atoms with Gasteiger partial charge in [0.25, 0.3) is 0 Å². The highest BCUT2D eigenvalue weighted by molar-refractivity contribution is 6.89. The van der Waals surface area contributed by atoms with E-state index >= 15 is 0 Å². The molecule has 4 nitrogen and oxygen atoms in total. The van der Waals surface area contributed by atoms with Gasteiger partial charge in [-0.25, -0.2) is 0 Å². The molecular formula is C58H51N3OSi2. The molecule has 0 bridgehead atoms. The maximum absolute atomic E-state index is 6.84. The van der Waals surface area contributed by atoms with Crippen molar-refractivity contribution in [3.8, 4) is 22.6 Å². The van der Waals surface area contributed by atoms with Crippen LogP contribution in [-0.2, 0) is 5.41 Å². The highest BCUT2D eigenvalue weighted by atomic mass is 28.3. The molecule has 1 unspecified atom stereocenters. The summed E-state index contributed by atoms with van der Waals surface area (Å²) in [6.45, 7) is 14.5. The predicted octanol–water partition coefficient (Wildman–Crippen LogP) is 14.7. The average molecular weight is 862 g/mol. The number of ether oxygens (including phenoxy) is 1. The lowest BCUT2D eigenvalue weighted by Gasteiger charge is -2.40. The van der Waals surface area contributed by atoms with Gasteiger partial charge in [-0.2, -0.15) is 0 Å². The fraction of sp³-hybridized carbons (Fsp3) is 0.121. The first-order chi connectivity index (χ1) is 31.0. The molecular weight excluding hydrogens is 811 g/mol. The molecule has 0 fully saturated rings. The number of nitrogens with zero attached hydrogens (tertiary/aromatic N) is 3. The van der Waals surface area contributed by atoms with Crippen LogP contribution in [0.5, 0.6) is 11.5 Å². The van der Waals surface area contributed by atoms with E-state index in [1.54, 1.807) is 0 Å². The molecule has 2 heterocycles. The normalized spacial score (nSPS) is 14.9. The number of benzene rings is 8. The second-order valence-electron chi connectivity index (χ2n) is 19.2. The van der Waals surface area contributed by atoms with Crippen LogP contribution in [0.2, 0.25) is 39.3 Å². The summed E-state index contributed by atoms with van der Waals surface area (Å²) in [7, 11) is -3.06. The molecule has 1 atom stereocenters. The van der Waals surface area contributed by atoms with Crippen molar-refractivity contribution in [1.82, 2.24) is 4.98 Å². The molecule has 0 radical (unpaired) electrons. The average Bonchev–Trinajstić information content (AvgIpc) is 3.59. The van der Waals surface area contributed by atoms with Crippen LogP contribution in [0, 0.1) is 0 Å². The number of para-hydroxylation sites is 3. The Morgan fingerprint density at radius 3 is 1.58 bits per heavy atom. The van der Waals surface area contributed by atoms with Crippen molar-refractivity contribution in [2.45, 2.75) is 44.7 Å². The Bertz CT molecular complexity index is 3160. The Balaban J connectivity index is 1.23. The minimum absolute atomic E-state index is 0.772. The molecule has 8 aromatic carbocycles. The van der Waals surface area contributed by atoms with Gasteiger partial charge in [0.05, 0.1) is 27.3 Å². The predicted molar refractivity (Wildman–Crippen MR) is 274 cm³/mol. The molecule has 0 amide bonds. The molecule has 0 saturated heterocycles. The lowest BCUT2D eigenvalue weighted by molar-refractivity contribution is 0.435. The lowest BCUT2D eigenvalue weighted by Crippen LogP contribution is -2.37. The van der Waals surface area contributed by atoms with Gasteiger partial charge < -0.3 is 14.5 Å². The number of hydrogen-bond acceptors (Lipinski definition) is 4. The zero-order valence-electron chi connectivity index (χ0n) is 37.3. The van der Waals surface area contributed by atoms with Gasteiger partial charge in [0.2, 0.25) is 0 Å². The van der Waals surface area contributed by atoms with Gasteiger partial charge >= 0.3 is 0 Å². The molecule has 0 N–H and O–H groups in total. The minimum atomic E-state index is -1.54. The van der Waals surface area contributed by atoms with Crippen molar-refractivity contribution < 1.29 is 4.74 Å². The number of anilines is 6. The Hall–Kier alpha value is -7.00. The number of fused-ring (bicyclic) bond motifs is 11.